The van der Waals surface area contributed by atoms with Crippen LogP contribution >= 0.6 is 0 Å². The smallest absolute Gasteiger partial charge is 0.324 e. The number of benzene rings is 2. The van der Waals surface area contributed by atoms with Crippen LogP contribution < -0.4 is 15.4 Å². The van der Waals surface area contributed by atoms with E-state index in [1.807, 2.05) is 48.0 Å². The molecule has 0 unspecified atom stereocenters. The molecule has 2 heterocycles. The maximum Gasteiger partial charge on any atom is 0.324 e. The summed E-state index contributed by atoms with van der Waals surface area (Å²) in [7, 11) is 1.71. The van der Waals surface area contributed by atoms with Crippen LogP contribution in [0.4, 0.5) is 16.3 Å². The summed E-state index contributed by atoms with van der Waals surface area (Å²) in [6.45, 7) is 6.27. The van der Waals surface area contributed by atoms with Crippen LogP contribution in [0.25, 0.3) is 0 Å². The van der Waals surface area contributed by atoms with Crippen LogP contribution in [0, 0.1) is 6.92 Å². The Morgan fingerprint density at radius 3 is 2.67 bits per heavy atom. The van der Waals surface area contributed by atoms with Gasteiger partial charge in [-0.15, -0.1) is 0 Å². The molecule has 0 radical (unpaired) electrons. The quantitative estimate of drug-likeness (QED) is 0.528. The van der Waals surface area contributed by atoms with Gasteiger partial charge in [0, 0.05) is 30.9 Å². The van der Waals surface area contributed by atoms with Crippen molar-refractivity contribution in [2.75, 3.05) is 30.8 Å². The summed E-state index contributed by atoms with van der Waals surface area (Å²) in [5.41, 5.74) is 3.12. The number of nitrogens with zero attached hydrogens (tertiary/aromatic N) is 3. The maximum absolute atomic E-state index is 12.5. The average molecular weight is 448 g/mol. The number of amides is 2. The van der Waals surface area contributed by atoms with Gasteiger partial charge in [0.2, 0.25) is 0 Å². The Kier molecular flexibility index (Phi) is 7.29. The van der Waals surface area contributed by atoms with E-state index in [9.17, 15) is 4.79 Å². The van der Waals surface area contributed by atoms with Gasteiger partial charge >= 0.3 is 6.03 Å². The maximum atomic E-state index is 12.5. The normalized spacial score (nSPS) is 15.7. The lowest BCUT2D eigenvalue weighted by Crippen LogP contribution is -2.41. The molecule has 1 saturated heterocycles. The third-order valence-electron chi connectivity index (χ3n) is 6.44. The molecule has 2 aromatic carbocycles. The molecule has 1 aliphatic rings. The van der Waals surface area contributed by atoms with Crippen LogP contribution in [-0.4, -0.2) is 47.0 Å². The standard InChI is InChI=1S/C26H33N5O2/c1-19-7-4-5-10-24(19)28-26(32)29-25-11-14-27-31(25)22-12-15-30(16-13-22)20(2)17-21-8-6-9-23(18-21)33-3/h4-11,14,18,20,22H,12-13,15-17H2,1-3H3,(H2,28,29,32)/t20-/m1/s1. The Hall–Kier alpha value is -3.32. The lowest BCUT2D eigenvalue weighted by atomic mass is 10.00. The zero-order chi connectivity index (χ0) is 23.2. The highest BCUT2D eigenvalue weighted by atomic mass is 16.5. The minimum atomic E-state index is -0.254. The Morgan fingerprint density at radius 2 is 1.91 bits per heavy atom. The summed E-state index contributed by atoms with van der Waals surface area (Å²) in [6, 6.07) is 18.4. The van der Waals surface area contributed by atoms with E-state index in [-0.39, 0.29) is 12.1 Å². The van der Waals surface area contributed by atoms with Crippen molar-refractivity contribution in [1.29, 1.82) is 0 Å². The highest BCUT2D eigenvalue weighted by Gasteiger charge is 2.26. The van der Waals surface area contributed by atoms with E-state index < -0.39 is 0 Å². The number of para-hydroxylation sites is 1. The Balaban J connectivity index is 1.31. The number of piperidine rings is 1. The van der Waals surface area contributed by atoms with Gasteiger partial charge in [-0.05, 0) is 62.4 Å². The van der Waals surface area contributed by atoms with E-state index in [0.717, 1.165) is 55.2 Å². The van der Waals surface area contributed by atoms with E-state index >= 15 is 0 Å². The third-order valence-corrected chi connectivity index (χ3v) is 6.44. The topological polar surface area (TPSA) is 71.4 Å². The van der Waals surface area contributed by atoms with E-state index in [1.54, 1.807) is 13.3 Å². The number of aromatic nitrogens is 2. The summed E-state index contributed by atoms with van der Waals surface area (Å²) in [5, 5.41) is 10.4. The third kappa shape index (κ3) is 5.73. The zero-order valence-corrected chi connectivity index (χ0v) is 19.6. The van der Waals surface area contributed by atoms with Crippen molar-refractivity contribution < 1.29 is 9.53 Å². The number of nitrogens with one attached hydrogen (secondary N) is 2. The van der Waals surface area contributed by atoms with Gasteiger partial charge in [-0.1, -0.05) is 30.3 Å². The number of urea groups is 1. The summed E-state index contributed by atoms with van der Waals surface area (Å²) in [5.74, 6) is 1.63. The summed E-state index contributed by atoms with van der Waals surface area (Å²) in [4.78, 5) is 15.1. The van der Waals surface area contributed by atoms with Gasteiger partial charge in [-0.25, -0.2) is 9.48 Å². The van der Waals surface area contributed by atoms with Gasteiger partial charge in [0.15, 0.2) is 0 Å². The van der Waals surface area contributed by atoms with Crippen LogP contribution in [0.2, 0.25) is 0 Å². The number of hydrogen-bond acceptors (Lipinski definition) is 4. The molecule has 1 aromatic heterocycles. The van der Waals surface area contributed by atoms with Crippen molar-refractivity contribution in [1.82, 2.24) is 14.7 Å². The number of likely N-dealkylation sites (tertiary alicyclic amines) is 1. The summed E-state index contributed by atoms with van der Waals surface area (Å²) < 4.78 is 7.32. The molecule has 4 rings (SSSR count). The second-order valence-electron chi connectivity index (χ2n) is 8.73. The number of ether oxygens (including phenoxy) is 1. The fraction of sp³-hybridized carbons (Fsp3) is 0.385. The molecular formula is C26H33N5O2. The van der Waals surface area contributed by atoms with Crippen molar-refractivity contribution in [2.45, 2.75) is 45.2 Å². The molecule has 174 valence electrons. The number of carbonyl (C=O) groups excluding carboxylic acids is 1. The molecule has 1 fully saturated rings. The van der Waals surface area contributed by atoms with Gasteiger partial charge in [0.25, 0.3) is 0 Å². The molecule has 0 bridgehead atoms. The predicted molar refractivity (Wildman–Crippen MR) is 132 cm³/mol. The van der Waals surface area contributed by atoms with Crippen LogP contribution in [0.1, 0.15) is 36.9 Å². The first-order valence-electron chi connectivity index (χ1n) is 11.6. The Morgan fingerprint density at radius 1 is 1.12 bits per heavy atom. The van der Waals surface area contributed by atoms with Crippen molar-refractivity contribution in [3.63, 3.8) is 0 Å². The van der Waals surface area contributed by atoms with Crippen molar-refractivity contribution in [3.8, 4) is 5.75 Å². The van der Waals surface area contributed by atoms with E-state index in [4.69, 9.17) is 4.74 Å². The SMILES string of the molecule is COc1cccc(C[C@@H](C)N2CCC(n3nccc3NC(=O)Nc3ccccc3C)CC2)c1. The molecule has 0 spiro atoms. The fourth-order valence-corrected chi connectivity index (χ4v) is 4.53. The first-order valence-corrected chi connectivity index (χ1v) is 11.6. The highest BCUT2D eigenvalue weighted by molar-refractivity contribution is 5.99. The number of hydrogen-bond donors (Lipinski definition) is 2. The van der Waals surface area contributed by atoms with Gasteiger partial charge in [-0.2, -0.15) is 5.10 Å². The zero-order valence-electron chi connectivity index (χ0n) is 19.6. The lowest BCUT2D eigenvalue weighted by molar-refractivity contribution is 0.139. The molecule has 2 amide bonds. The first kappa shape index (κ1) is 22.9. The second-order valence-corrected chi connectivity index (χ2v) is 8.73. The summed E-state index contributed by atoms with van der Waals surface area (Å²) in [6.07, 6.45) is 4.74. The molecule has 0 aliphatic carbocycles. The monoisotopic (exact) mass is 447 g/mol. The average Bonchev–Trinajstić information content (AvgIpc) is 3.28. The Labute approximate surface area is 195 Å². The van der Waals surface area contributed by atoms with E-state index in [0.29, 0.717) is 6.04 Å². The summed E-state index contributed by atoms with van der Waals surface area (Å²) >= 11 is 0. The fourth-order valence-electron chi connectivity index (χ4n) is 4.53. The molecule has 33 heavy (non-hydrogen) atoms. The van der Waals surface area contributed by atoms with E-state index in [1.165, 1.54) is 5.56 Å². The molecule has 1 atom stereocenters. The number of aryl methyl sites for hydroxylation is 1. The molecule has 7 heteroatoms. The molecule has 3 aromatic rings. The van der Waals surface area contributed by atoms with Gasteiger partial charge < -0.3 is 15.0 Å². The first-order chi connectivity index (χ1) is 16.0. The minimum absolute atomic E-state index is 0.254. The van der Waals surface area contributed by atoms with Gasteiger partial charge in [0.05, 0.1) is 19.3 Å². The van der Waals surface area contributed by atoms with E-state index in [2.05, 4.69) is 45.8 Å². The molecule has 1 aliphatic heterocycles. The largest absolute Gasteiger partial charge is 0.497 e. The van der Waals surface area contributed by atoms with Gasteiger partial charge in [-0.3, -0.25) is 5.32 Å². The molecule has 0 saturated carbocycles. The minimum Gasteiger partial charge on any atom is -0.497 e. The molecular weight excluding hydrogens is 414 g/mol. The van der Waals surface area contributed by atoms with Crippen molar-refractivity contribution in [2.24, 2.45) is 0 Å². The van der Waals surface area contributed by atoms with Crippen molar-refractivity contribution in [3.05, 3.63) is 71.9 Å². The number of anilines is 2. The van der Waals surface area contributed by atoms with Crippen LogP contribution in [0.15, 0.2) is 60.8 Å². The molecule has 2 N–H and O–H groups in total. The van der Waals surface area contributed by atoms with Crippen LogP contribution in [-0.2, 0) is 6.42 Å². The predicted octanol–water partition coefficient (Wildman–Crippen LogP) is 5.11. The van der Waals surface area contributed by atoms with Crippen LogP contribution in [0.3, 0.4) is 0 Å². The number of rotatable bonds is 7. The van der Waals surface area contributed by atoms with Crippen molar-refractivity contribution >= 4 is 17.5 Å². The number of methoxy groups -OCH3 is 1. The highest BCUT2D eigenvalue weighted by Crippen LogP contribution is 2.27. The molecule has 7 nitrogen and oxygen atoms in total. The second kappa shape index (κ2) is 10.5. The lowest BCUT2D eigenvalue weighted by Gasteiger charge is -2.36. The van der Waals surface area contributed by atoms with Crippen LogP contribution in [0.5, 0.6) is 5.75 Å². The Bertz CT molecular complexity index is 1070. The van der Waals surface area contributed by atoms with Gasteiger partial charge in [0.1, 0.15) is 11.6 Å². The number of carbonyl (C=O) groups is 1.